The van der Waals surface area contributed by atoms with E-state index in [1.165, 1.54) is 0 Å². The lowest BCUT2D eigenvalue weighted by Crippen LogP contribution is -2.42. The minimum absolute atomic E-state index is 0.460. The van der Waals surface area contributed by atoms with Crippen molar-refractivity contribution in [1.82, 2.24) is 4.72 Å². The molecule has 110 valence electrons. The van der Waals surface area contributed by atoms with Crippen LogP contribution in [-0.4, -0.2) is 36.6 Å². The third-order valence-corrected chi connectivity index (χ3v) is 3.93. The van der Waals surface area contributed by atoms with Gasteiger partial charge in [-0.05, 0) is 18.2 Å². The first kappa shape index (κ1) is 16.3. The number of hydrogen-bond acceptors (Lipinski definition) is 4. The Morgan fingerprint density at radius 1 is 1.35 bits per heavy atom. The zero-order valence-corrected chi connectivity index (χ0v) is 11.3. The summed E-state index contributed by atoms with van der Waals surface area (Å²) in [4.78, 5) is 20.8. The number of carbonyl (C=O) groups is 2. The van der Waals surface area contributed by atoms with Crippen molar-refractivity contribution < 1.29 is 32.6 Å². The average molecular weight is 326 g/mol. The second-order valence-corrected chi connectivity index (χ2v) is 5.81. The van der Waals surface area contributed by atoms with E-state index in [0.717, 1.165) is 18.2 Å². The largest absolute Gasteiger partial charge is 0.481 e. The molecule has 3 N–H and O–H groups in total. The first-order chi connectivity index (χ1) is 9.13. The number of nitrogens with one attached hydrogen (secondary N) is 1. The molecular formula is C10H9ClFNO6S. The molecule has 0 unspecified atom stereocenters. The molecule has 0 aliphatic carbocycles. The van der Waals surface area contributed by atoms with Gasteiger partial charge in [-0.3, -0.25) is 9.59 Å². The fourth-order valence-electron chi connectivity index (χ4n) is 1.25. The Bertz CT molecular complexity index is 647. The second kappa shape index (κ2) is 6.16. The van der Waals surface area contributed by atoms with E-state index in [1.54, 1.807) is 4.72 Å². The highest BCUT2D eigenvalue weighted by Crippen LogP contribution is 2.19. The Kier molecular flexibility index (Phi) is 5.03. The van der Waals surface area contributed by atoms with Gasteiger partial charge < -0.3 is 10.2 Å². The number of halogens is 2. The van der Waals surface area contributed by atoms with Crippen molar-refractivity contribution in [2.24, 2.45) is 0 Å². The van der Waals surface area contributed by atoms with Gasteiger partial charge in [-0.1, -0.05) is 11.6 Å². The molecule has 1 aromatic carbocycles. The number of carboxylic acids is 2. The topological polar surface area (TPSA) is 121 Å². The predicted octanol–water partition coefficient (Wildman–Crippen LogP) is 0.685. The van der Waals surface area contributed by atoms with Crippen molar-refractivity contribution in [3.05, 3.63) is 29.0 Å². The maximum absolute atomic E-state index is 12.9. The standard InChI is InChI=1S/C10H9ClFNO6S/c11-6-3-5(1-2-7(6)12)20(18,19)13-8(10(16)17)4-9(14)15/h1-3,8,13H,4H2,(H,14,15)(H,16,17)/t8-/m0/s1. The fraction of sp³-hybridized carbons (Fsp3) is 0.200. The van der Waals surface area contributed by atoms with E-state index in [1.807, 2.05) is 0 Å². The molecule has 0 radical (unpaired) electrons. The number of hydrogen-bond donors (Lipinski definition) is 3. The monoisotopic (exact) mass is 325 g/mol. The summed E-state index contributed by atoms with van der Waals surface area (Å²) in [6.07, 6.45) is -0.941. The Morgan fingerprint density at radius 2 is 1.95 bits per heavy atom. The number of carboxylic acid groups (broad SMARTS) is 2. The molecule has 0 spiro atoms. The summed E-state index contributed by atoms with van der Waals surface area (Å²) < 4.78 is 38.3. The lowest BCUT2D eigenvalue weighted by molar-refractivity contribution is -0.145. The quantitative estimate of drug-likeness (QED) is 0.707. The van der Waals surface area contributed by atoms with Crippen molar-refractivity contribution in [2.45, 2.75) is 17.4 Å². The van der Waals surface area contributed by atoms with Crippen LogP contribution in [0.25, 0.3) is 0 Å². The summed E-state index contributed by atoms with van der Waals surface area (Å²) in [6, 6.07) is 0.618. The van der Waals surface area contributed by atoms with E-state index < -0.39 is 50.2 Å². The molecular weight excluding hydrogens is 317 g/mol. The molecule has 10 heteroatoms. The van der Waals surface area contributed by atoms with Gasteiger partial charge >= 0.3 is 11.9 Å². The molecule has 20 heavy (non-hydrogen) atoms. The molecule has 7 nitrogen and oxygen atoms in total. The first-order valence-corrected chi connectivity index (χ1v) is 6.91. The summed E-state index contributed by atoms with van der Waals surface area (Å²) in [5.74, 6) is -3.98. The highest BCUT2D eigenvalue weighted by atomic mass is 35.5. The molecule has 1 atom stereocenters. The Morgan fingerprint density at radius 3 is 2.40 bits per heavy atom. The van der Waals surface area contributed by atoms with Crippen molar-refractivity contribution >= 4 is 33.6 Å². The van der Waals surface area contributed by atoms with Gasteiger partial charge in [0.25, 0.3) is 0 Å². The maximum Gasteiger partial charge on any atom is 0.322 e. The van der Waals surface area contributed by atoms with E-state index in [9.17, 15) is 22.4 Å². The maximum atomic E-state index is 12.9. The number of benzene rings is 1. The zero-order chi connectivity index (χ0) is 15.5. The number of aliphatic carboxylic acids is 2. The van der Waals surface area contributed by atoms with Crippen molar-refractivity contribution in [1.29, 1.82) is 0 Å². The van der Waals surface area contributed by atoms with Gasteiger partial charge in [0.2, 0.25) is 10.0 Å². The van der Waals surface area contributed by atoms with Gasteiger partial charge in [-0.25, -0.2) is 12.8 Å². The Hall–Kier alpha value is -1.71. The highest BCUT2D eigenvalue weighted by molar-refractivity contribution is 7.89. The fourth-order valence-corrected chi connectivity index (χ4v) is 2.71. The lowest BCUT2D eigenvalue weighted by atomic mass is 10.2. The van der Waals surface area contributed by atoms with Crippen LogP contribution in [0.2, 0.25) is 5.02 Å². The van der Waals surface area contributed by atoms with E-state index in [0.29, 0.717) is 0 Å². The molecule has 1 aromatic rings. The van der Waals surface area contributed by atoms with Crippen LogP contribution in [0.4, 0.5) is 4.39 Å². The molecule has 0 aliphatic heterocycles. The molecule has 0 amide bonds. The van der Waals surface area contributed by atoms with Gasteiger partial charge in [0.15, 0.2) is 0 Å². The lowest BCUT2D eigenvalue weighted by Gasteiger charge is -2.13. The van der Waals surface area contributed by atoms with Crippen molar-refractivity contribution in [2.75, 3.05) is 0 Å². The number of sulfonamides is 1. The summed E-state index contributed by atoms with van der Waals surface area (Å²) in [5.41, 5.74) is 0. The molecule has 0 bridgehead atoms. The van der Waals surface area contributed by atoms with Gasteiger partial charge in [0.05, 0.1) is 16.3 Å². The summed E-state index contributed by atoms with van der Waals surface area (Å²) in [7, 11) is -4.33. The highest BCUT2D eigenvalue weighted by Gasteiger charge is 2.27. The summed E-state index contributed by atoms with van der Waals surface area (Å²) in [5, 5.41) is 16.8. The van der Waals surface area contributed by atoms with Crippen LogP contribution in [0.5, 0.6) is 0 Å². The van der Waals surface area contributed by atoms with Crippen LogP contribution in [0.1, 0.15) is 6.42 Å². The predicted molar refractivity (Wildman–Crippen MR) is 65.4 cm³/mol. The van der Waals surface area contributed by atoms with E-state index in [-0.39, 0.29) is 0 Å². The average Bonchev–Trinajstić information content (AvgIpc) is 2.30. The summed E-state index contributed by atoms with van der Waals surface area (Å²) >= 11 is 5.43. The van der Waals surface area contributed by atoms with Crippen LogP contribution in [0, 0.1) is 5.82 Å². The zero-order valence-electron chi connectivity index (χ0n) is 9.71. The molecule has 0 heterocycles. The third-order valence-electron chi connectivity index (χ3n) is 2.18. The van der Waals surface area contributed by atoms with Crippen molar-refractivity contribution in [3.8, 4) is 0 Å². The van der Waals surface area contributed by atoms with Gasteiger partial charge in [-0.2, -0.15) is 4.72 Å². The van der Waals surface area contributed by atoms with E-state index >= 15 is 0 Å². The van der Waals surface area contributed by atoms with Crippen LogP contribution < -0.4 is 4.72 Å². The smallest absolute Gasteiger partial charge is 0.322 e. The molecule has 0 fully saturated rings. The molecule has 0 aliphatic rings. The van der Waals surface area contributed by atoms with Crippen molar-refractivity contribution in [3.63, 3.8) is 0 Å². The third kappa shape index (κ3) is 4.15. The Balaban J connectivity index is 3.06. The SMILES string of the molecule is O=C(O)C[C@H](NS(=O)(=O)c1ccc(F)c(Cl)c1)C(=O)O. The Labute approximate surface area is 118 Å². The van der Waals surface area contributed by atoms with Gasteiger partial charge in [-0.15, -0.1) is 0 Å². The second-order valence-electron chi connectivity index (χ2n) is 3.69. The van der Waals surface area contributed by atoms with E-state index in [4.69, 9.17) is 21.8 Å². The van der Waals surface area contributed by atoms with Gasteiger partial charge in [0, 0.05) is 0 Å². The van der Waals surface area contributed by atoms with Crippen LogP contribution >= 0.6 is 11.6 Å². The minimum Gasteiger partial charge on any atom is -0.481 e. The first-order valence-electron chi connectivity index (χ1n) is 5.05. The minimum atomic E-state index is -4.33. The van der Waals surface area contributed by atoms with Gasteiger partial charge in [0.1, 0.15) is 11.9 Å². The van der Waals surface area contributed by atoms with Crippen LogP contribution in [0.15, 0.2) is 23.1 Å². The molecule has 0 saturated carbocycles. The summed E-state index contributed by atoms with van der Waals surface area (Å²) in [6.45, 7) is 0. The van der Waals surface area contributed by atoms with Crippen LogP contribution in [-0.2, 0) is 19.6 Å². The van der Waals surface area contributed by atoms with E-state index in [2.05, 4.69) is 0 Å². The normalized spacial score (nSPS) is 12.9. The molecule has 0 saturated heterocycles. The molecule has 1 rings (SSSR count). The van der Waals surface area contributed by atoms with Crippen LogP contribution in [0.3, 0.4) is 0 Å². The number of rotatable bonds is 6. The molecule has 0 aromatic heterocycles.